The summed E-state index contributed by atoms with van der Waals surface area (Å²) in [6.07, 6.45) is 1.04. The van der Waals surface area contributed by atoms with Crippen molar-refractivity contribution in [2.45, 2.75) is 20.8 Å². The molecule has 1 heterocycles. The highest BCUT2D eigenvalue weighted by Gasteiger charge is 2.18. The quantitative estimate of drug-likeness (QED) is 0.905. The van der Waals surface area contributed by atoms with E-state index < -0.39 is 11.9 Å². The summed E-state index contributed by atoms with van der Waals surface area (Å²) in [7, 11) is 1.59. The van der Waals surface area contributed by atoms with Gasteiger partial charge in [0.25, 0.3) is 5.91 Å². The first kappa shape index (κ1) is 15.6. The number of furan rings is 1. The fraction of sp³-hybridized carbons (Fsp3) is 0.250. The minimum Gasteiger partial charge on any atom is -0.496 e. The van der Waals surface area contributed by atoms with E-state index in [4.69, 9.17) is 14.3 Å². The molecule has 116 valence electrons. The number of aromatic carboxylic acids is 1. The number of anilines is 1. The number of carbonyl (C=O) groups is 2. The van der Waals surface area contributed by atoms with Gasteiger partial charge in [0.2, 0.25) is 0 Å². The molecule has 1 amide bonds. The smallest absolute Gasteiger partial charge is 0.338 e. The Bertz CT molecular complexity index is 745. The van der Waals surface area contributed by atoms with Crippen LogP contribution in [0.25, 0.3) is 0 Å². The Morgan fingerprint density at radius 2 is 1.86 bits per heavy atom. The van der Waals surface area contributed by atoms with Gasteiger partial charge in [-0.25, -0.2) is 4.79 Å². The first-order valence-corrected chi connectivity index (χ1v) is 6.63. The van der Waals surface area contributed by atoms with E-state index in [0.717, 1.165) is 28.7 Å². The number of ether oxygens (including phenoxy) is 1. The van der Waals surface area contributed by atoms with Crippen LogP contribution in [0.1, 0.15) is 37.6 Å². The van der Waals surface area contributed by atoms with E-state index in [1.54, 1.807) is 7.11 Å². The third-order valence-corrected chi connectivity index (χ3v) is 3.58. The molecule has 0 aliphatic carbocycles. The Hall–Kier alpha value is -2.76. The molecule has 1 aromatic heterocycles. The normalized spacial score (nSPS) is 10.4. The number of carbonyl (C=O) groups excluding carboxylic acids is 1. The van der Waals surface area contributed by atoms with E-state index in [0.29, 0.717) is 5.69 Å². The van der Waals surface area contributed by atoms with Gasteiger partial charge in [0, 0.05) is 11.8 Å². The van der Waals surface area contributed by atoms with Crippen molar-refractivity contribution in [2.24, 2.45) is 0 Å². The molecule has 0 atom stereocenters. The highest BCUT2D eigenvalue weighted by Crippen LogP contribution is 2.31. The largest absolute Gasteiger partial charge is 0.496 e. The zero-order valence-electron chi connectivity index (χ0n) is 12.8. The molecule has 2 rings (SSSR count). The topological polar surface area (TPSA) is 88.8 Å². The molecule has 0 radical (unpaired) electrons. The lowest BCUT2D eigenvalue weighted by atomic mass is 10.0. The average molecular weight is 303 g/mol. The van der Waals surface area contributed by atoms with E-state index in [1.165, 1.54) is 6.07 Å². The van der Waals surface area contributed by atoms with Crippen molar-refractivity contribution in [2.75, 3.05) is 12.4 Å². The maximum absolute atomic E-state index is 12.2. The molecular weight excluding hydrogens is 286 g/mol. The molecule has 22 heavy (non-hydrogen) atoms. The van der Waals surface area contributed by atoms with Gasteiger partial charge in [0.1, 0.15) is 12.0 Å². The van der Waals surface area contributed by atoms with Crippen molar-refractivity contribution < 1.29 is 23.8 Å². The van der Waals surface area contributed by atoms with Crippen molar-refractivity contribution in [1.82, 2.24) is 0 Å². The summed E-state index contributed by atoms with van der Waals surface area (Å²) in [5, 5.41) is 11.6. The van der Waals surface area contributed by atoms with Gasteiger partial charge in [-0.1, -0.05) is 0 Å². The third-order valence-electron chi connectivity index (χ3n) is 3.58. The van der Waals surface area contributed by atoms with E-state index in [-0.39, 0.29) is 11.3 Å². The molecule has 1 aromatic carbocycles. The summed E-state index contributed by atoms with van der Waals surface area (Å²) in [5.74, 6) is -0.942. The molecule has 6 nitrogen and oxygen atoms in total. The van der Waals surface area contributed by atoms with Crippen molar-refractivity contribution in [3.63, 3.8) is 0 Å². The van der Waals surface area contributed by atoms with Crippen LogP contribution in [0.5, 0.6) is 5.75 Å². The zero-order chi connectivity index (χ0) is 16.4. The Labute approximate surface area is 127 Å². The predicted molar refractivity (Wildman–Crippen MR) is 80.8 cm³/mol. The third kappa shape index (κ3) is 2.81. The molecule has 0 aliphatic heterocycles. The van der Waals surface area contributed by atoms with Crippen LogP contribution in [0.3, 0.4) is 0 Å². The van der Waals surface area contributed by atoms with Crippen LogP contribution in [0.4, 0.5) is 5.69 Å². The summed E-state index contributed by atoms with van der Waals surface area (Å²) in [5.41, 5.74) is 3.25. The Kier molecular flexibility index (Phi) is 4.21. The van der Waals surface area contributed by atoms with Crippen molar-refractivity contribution >= 4 is 17.6 Å². The monoisotopic (exact) mass is 303 g/mol. The van der Waals surface area contributed by atoms with Gasteiger partial charge in [-0.15, -0.1) is 0 Å². The molecule has 0 spiro atoms. The molecule has 2 aromatic rings. The lowest BCUT2D eigenvalue weighted by molar-refractivity contribution is 0.0696. The number of rotatable bonds is 4. The SMILES string of the molecule is COc1cc(C)c(NC(=O)c2cc(C(=O)O)co2)c(C)c1C. The minimum absolute atomic E-state index is 0.0512. The molecule has 0 fully saturated rings. The van der Waals surface area contributed by atoms with E-state index >= 15 is 0 Å². The summed E-state index contributed by atoms with van der Waals surface area (Å²) in [6.45, 7) is 5.64. The van der Waals surface area contributed by atoms with Gasteiger partial charge < -0.3 is 19.6 Å². The van der Waals surface area contributed by atoms with Crippen LogP contribution in [-0.2, 0) is 0 Å². The van der Waals surface area contributed by atoms with Gasteiger partial charge in [-0.3, -0.25) is 4.79 Å². The molecule has 0 bridgehead atoms. The van der Waals surface area contributed by atoms with Crippen LogP contribution in [0.2, 0.25) is 0 Å². The average Bonchev–Trinajstić information content (AvgIpc) is 2.97. The second-order valence-electron chi connectivity index (χ2n) is 4.98. The van der Waals surface area contributed by atoms with Gasteiger partial charge in [0.15, 0.2) is 5.76 Å². The van der Waals surface area contributed by atoms with Crippen molar-refractivity contribution in [3.05, 3.63) is 46.4 Å². The van der Waals surface area contributed by atoms with Crippen LogP contribution in [0, 0.1) is 20.8 Å². The lowest BCUT2D eigenvalue weighted by Gasteiger charge is -2.16. The zero-order valence-corrected chi connectivity index (χ0v) is 12.8. The van der Waals surface area contributed by atoms with Crippen molar-refractivity contribution in [3.8, 4) is 5.75 Å². The van der Waals surface area contributed by atoms with E-state index in [1.807, 2.05) is 26.8 Å². The molecule has 0 saturated heterocycles. The van der Waals surface area contributed by atoms with Gasteiger partial charge in [-0.05, 0) is 43.5 Å². The number of methoxy groups -OCH3 is 1. The Balaban J connectivity index is 2.32. The number of hydrogen-bond donors (Lipinski definition) is 2. The molecule has 0 unspecified atom stereocenters. The lowest BCUT2D eigenvalue weighted by Crippen LogP contribution is -2.14. The number of nitrogens with one attached hydrogen (secondary N) is 1. The maximum atomic E-state index is 12.2. The van der Waals surface area contributed by atoms with Gasteiger partial charge in [0.05, 0.1) is 12.7 Å². The summed E-state index contributed by atoms with van der Waals surface area (Å²) >= 11 is 0. The Morgan fingerprint density at radius 1 is 1.18 bits per heavy atom. The first-order valence-electron chi connectivity index (χ1n) is 6.63. The summed E-state index contributed by atoms with van der Waals surface area (Å²) in [6, 6.07) is 3.03. The second-order valence-corrected chi connectivity index (χ2v) is 4.98. The van der Waals surface area contributed by atoms with Crippen LogP contribution >= 0.6 is 0 Å². The number of amides is 1. The molecule has 0 aliphatic rings. The second kappa shape index (κ2) is 5.93. The molecular formula is C16H17NO5. The molecule has 2 N–H and O–H groups in total. The van der Waals surface area contributed by atoms with Crippen LogP contribution < -0.4 is 10.1 Å². The first-order chi connectivity index (χ1) is 10.3. The highest BCUT2D eigenvalue weighted by atomic mass is 16.5. The van der Waals surface area contributed by atoms with Gasteiger partial charge in [-0.2, -0.15) is 0 Å². The highest BCUT2D eigenvalue weighted by molar-refractivity contribution is 6.04. The van der Waals surface area contributed by atoms with Crippen LogP contribution in [0.15, 0.2) is 22.8 Å². The number of carboxylic acid groups (broad SMARTS) is 1. The fourth-order valence-corrected chi connectivity index (χ4v) is 2.19. The predicted octanol–water partition coefficient (Wildman–Crippen LogP) is 3.16. The molecule has 6 heteroatoms. The standard InChI is InChI=1S/C16H17NO5/c1-8-5-12(21-4)9(2)10(3)14(8)17-15(18)13-6-11(7-22-13)16(19)20/h5-7H,1-4H3,(H,17,18)(H,19,20). The maximum Gasteiger partial charge on any atom is 0.338 e. The van der Waals surface area contributed by atoms with Crippen LogP contribution in [-0.4, -0.2) is 24.1 Å². The van der Waals surface area contributed by atoms with Crippen molar-refractivity contribution in [1.29, 1.82) is 0 Å². The minimum atomic E-state index is -1.14. The number of carboxylic acids is 1. The van der Waals surface area contributed by atoms with E-state index in [9.17, 15) is 9.59 Å². The summed E-state index contributed by atoms with van der Waals surface area (Å²) in [4.78, 5) is 23.0. The fourth-order valence-electron chi connectivity index (χ4n) is 2.19. The Morgan fingerprint density at radius 3 is 2.41 bits per heavy atom. The van der Waals surface area contributed by atoms with E-state index in [2.05, 4.69) is 5.32 Å². The molecule has 0 saturated carbocycles. The van der Waals surface area contributed by atoms with Gasteiger partial charge >= 0.3 is 5.97 Å². The number of benzene rings is 1. The number of hydrogen-bond acceptors (Lipinski definition) is 4. The number of aryl methyl sites for hydroxylation is 1. The summed E-state index contributed by atoms with van der Waals surface area (Å²) < 4.78 is 10.3.